The molecule has 6 heteroatoms. The zero-order valence-electron chi connectivity index (χ0n) is 10.3. The minimum atomic E-state index is 0.402. The summed E-state index contributed by atoms with van der Waals surface area (Å²) in [7, 11) is 0. The molecule has 0 aliphatic heterocycles. The molecule has 0 amide bonds. The van der Waals surface area contributed by atoms with E-state index < -0.39 is 0 Å². The van der Waals surface area contributed by atoms with E-state index in [1.807, 2.05) is 37.4 Å². The van der Waals surface area contributed by atoms with Crippen LogP contribution in [0, 0.1) is 6.92 Å². The molecule has 0 fully saturated rings. The first kappa shape index (κ1) is 12.7. The van der Waals surface area contributed by atoms with Crippen LogP contribution >= 0.6 is 11.8 Å². The van der Waals surface area contributed by atoms with Crippen molar-refractivity contribution in [1.29, 1.82) is 0 Å². The molecule has 0 spiro atoms. The number of nitrogens with one attached hydrogen (secondary N) is 2. The maximum atomic E-state index is 5.33. The van der Waals surface area contributed by atoms with Gasteiger partial charge in [-0.3, -0.25) is 5.43 Å². The molecule has 0 atom stereocenters. The maximum absolute atomic E-state index is 5.33. The normalized spacial score (nSPS) is 10.2. The van der Waals surface area contributed by atoms with Crippen LogP contribution in [0.25, 0.3) is 0 Å². The summed E-state index contributed by atoms with van der Waals surface area (Å²) >= 11 is 1.68. The molecule has 2 rings (SSSR count). The van der Waals surface area contributed by atoms with Gasteiger partial charge in [0.1, 0.15) is 5.82 Å². The van der Waals surface area contributed by atoms with Crippen LogP contribution in [0.1, 0.15) is 5.69 Å². The molecule has 1 aromatic carbocycles. The number of thioether (sulfide) groups is 1. The minimum absolute atomic E-state index is 0.402. The number of nitrogens with two attached hydrogens (primary N) is 1. The van der Waals surface area contributed by atoms with Gasteiger partial charge in [0.05, 0.1) is 5.69 Å². The summed E-state index contributed by atoms with van der Waals surface area (Å²) < 4.78 is 0. The molecule has 1 heterocycles. The van der Waals surface area contributed by atoms with Crippen molar-refractivity contribution in [3.05, 3.63) is 36.0 Å². The Labute approximate surface area is 110 Å². The second-order valence-electron chi connectivity index (χ2n) is 3.69. The summed E-state index contributed by atoms with van der Waals surface area (Å²) in [5.74, 6) is 6.45. The summed E-state index contributed by atoms with van der Waals surface area (Å²) in [5.41, 5.74) is 4.32. The predicted octanol–water partition coefficient (Wildman–Crippen LogP) is 2.54. The third kappa shape index (κ3) is 2.91. The van der Waals surface area contributed by atoms with Crippen molar-refractivity contribution < 1.29 is 0 Å². The number of aryl methyl sites for hydroxylation is 1. The van der Waals surface area contributed by atoms with Crippen molar-refractivity contribution >= 4 is 29.2 Å². The lowest BCUT2D eigenvalue weighted by molar-refractivity contribution is 1.07. The number of nitrogen functional groups attached to an aromatic ring is 1. The van der Waals surface area contributed by atoms with Crippen LogP contribution in [0.15, 0.2) is 35.2 Å². The first-order valence-corrected chi connectivity index (χ1v) is 6.67. The lowest BCUT2D eigenvalue weighted by atomic mass is 10.3. The number of para-hydroxylation sites is 1. The van der Waals surface area contributed by atoms with Gasteiger partial charge >= 0.3 is 0 Å². The first-order valence-electron chi connectivity index (χ1n) is 5.45. The van der Waals surface area contributed by atoms with Crippen molar-refractivity contribution in [1.82, 2.24) is 9.97 Å². The molecule has 0 saturated carbocycles. The number of nitrogens with zero attached hydrogens (tertiary/aromatic N) is 2. The van der Waals surface area contributed by atoms with E-state index in [0.29, 0.717) is 5.95 Å². The number of anilines is 3. The van der Waals surface area contributed by atoms with Crippen molar-refractivity contribution in [2.24, 2.45) is 5.84 Å². The van der Waals surface area contributed by atoms with Crippen molar-refractivity contribution in [3.8, 4) is 0 Å². The van der Waals surface area contributed by atoms with Crippen LogP contribution in [0.2, 0.25) is 0 Å². The molecule has 94 valence electrons. The van der Waals surface area contributed by atoms with Gasteiger partial charge in [-0.15, -0.1) is 11.8 Å². The molecule has 0 aliphatic carbocycles. The minimum Gasteiger partial charge on any atom is -0.339 e. The molecule has 4 N–H and O–H groups in total. The smallest absolute Gasteiger partial charge is 0.239 e. The molecule has 0 aliphatic rings. The highest BCUT2D eigenvalue weighted by Crippen LogP contribution is 2.27. The fourth-order valence-electron chi connectivity index (χ4n) is 1.58. The lowest BCUT2D eigenvalue weighted by Gasteiger charge is -2.11. The standard InChI is InChI=1S/C12H15N5S/c1-8-7-11(16-12(14-8)17-13)15-9-5-3-4-6-10(9)18-2/h3-7H,13H2,1-2H3,(H2,14,15,16,17). The lowest BCUT2D eigenvalue weighted by Crippen LogP contribution is -2.12. The Bertz CT molecular complexity index is 544. The van der Waals surface area contributed by atoms with E-state index in [1.54, 1.807) is 11.8 Å². The number of hydrazine groups is 1. The van der Waals surface area contributed by atoms with Crippen molar-refractivity contribution in [3.63, 3.8) is 0 Å². The second-order valence-corrected chi connectivity index (χ2v) is 4.54. The maximum Gasteiger partial charge on any atom is 0.239 e. The van der Waals surface area contributed by atoms with E-state index in [9.17, 15) is 0 Å². The molecular weight excluding hydrogens is 246 g/mol. The Morgan fingerprint density at radius 2 is 2.00 bits per heavy atom. The largest absolute Gasteiger partial charge is 0.339 e. The molecule has 0 bridgehead atoms. The molecule has 0 unspecified atom stereocenters. The van der Waals surface area contributed by atoms with E-state index in [4.69, 9.17) is 5.84 Å². The van der Waals surface area contributed by atoms with Crippen LogP contribution in [-0.4, -0.2) is 16.2 Å². The van der Waals surface area contributed by atoms with Gasteiger partial charge in [0.15, 0.2) is 0 Å². The molecule has 0 saturated heterocycles. The Morgan fingerprint density at radius 1 is 1.22 bits per heavy atom. The molecule has 5 nitrogen and oxygen atoms in total. The van der Waals surface area contributed by atoms with Crippen molar-refractivity contribution in [2.45, 2.75) is 11.8 Å². The fraction of sp³-hybridized carbons (Fsp3) is 0.167. The zero-order valence-corrected chi connectivity index (χ0v) is 11.1. The topological polar surface area (TPSA) is 75.9 Å². The molecule has 18 heavy (non-hydrogen) atoms. The van der Waals surface area contributed by atoms with Crippen LogP contribution < -0.4 is 16.6 Å². The summed E-state index contributed by atoms with van der Waals surface area (Å²) in [6.07, 6.45) is 2.04. The average molecular weight is 261 g/mol. The van der Waals surface area contributed by atoms with E-state index in [1.165, 1.54) is 0 Å². The van der Waals surface area contributed by atoms with E-state index in [0.717, 1.165) is 22.1 Å². The summed E-state index contributed by atoms with van der Waals surface area (Å²) in [6.45, 7) is 1.90. The molecule has 1 aromatic heterocycles. The quantitative estimate of drug-likeness (QED) is 0.446. The Morgan fingerprint density at radius 3 is 2.72 bits per heavy atom. The van der Waals surface area contributed by atoms with Gasteiger partial charge in [-0.25, -0.2) is 10.8 Å². The van der Waals surface area contributed by atoms with Gasteiger partial charge < -0.3 is 5.32 Å². The SMILES string of the molecule is CSc1ccccc1Nc1cc(C)nc(NN)n1. The van der Waals surface area contributed by atoms with Crippen LogP contribution in [0.5, 0.6) is 0 Å². The highest BCUT2D eigenvalue weighted by atomic mass is 32.2. The van der Waals surface area contributed by atoms with Crippen LogP contribution in [-0.2, 0) is 0 Å². The van der Waals surface area contributed by atoms with Gasteiger partial charge in [-0.05, 0) is 25.3 Å². The number of hydrogen-bond acceptors (Lipinski definition) is 6. The summed E-state index contributed by atoms with van der Waals surface area (Å²) in [6, 6.07) is 9.94. The van der Waals surface area contributed by atoms with Gasteiger partial charge in [0.2, 0.25) is 5.95 Å². The highest BCUT2D eigenvalue weighted by Gasteiger charge is 2.04. The van der Waals surface area contributed by atoms with E-state index in [2.05, 4.69) is 26.8 Å². The number of aromatic nitrogens is 2. The van der Waals surface area contributed by atoms with E-state index >= 15 is 0 Å². The van der Waals surface area contributed by atoms with Gasteiger partial charge in [-0.2, -0.15) is 4.98 Å². The number of rotatable bonds is 4. The summed E-state index contributed by atoms with van der Waals surface area (Å²) in [5, 5.41) is 3.27. The third-order valence-electron chi connectivity index (χ3n) is 2.35. The predicted molar refractivity (Wildman–Crippen MR) is 76.1 cm³/mol. The Hall–Kier alpha value is -1.79. The molecule has 0 radical (unpaired) electrons. The van der Waals surface area contributed by atoms with Crippen LogP contribution in [0.4, 0.5) is 17.5 Å². The fourth-order valence-corrected chi connectivity index (χ4v) is 2.14. The molecule has 2 aromatic rings. The molecular formula is C12H15N5S. The number of hydrogen-bond donors (Lipinski definition) is 3. The van der Waals surface area contributed by atoms with Crippen molar-refractivity contribution in [2.75, 3.05) is 17.0 Å². The van der Waals surface area contributed by atoms with Gasteiger partial charge in [0, 0.05) is 16.7 Å². The van der Waals surface area contributed by atoms with Crippen LogP contribution in [0.3, 0.4) is 0 Å². The van der Waals surface area contributed by atoms with Gasteiger partial charge in [0.25, 0.3) is 0 Å². The average Bonchev–Trinajstić information content (AvgIpc) is 2.38. The Balaban J connectivity index is 2.30. The van der Waals surface area contributed by atoms with Gasteiger partial charge in [-0.1, -0.05) is 12.1 Å². The van der Waals surface area contributed by atoms with E-state index in [-0.39, 0.29) is 0 Å². The number of benzene rings is 1. The second kappa shape index (κ2) is 5.70. The highest BCUT2D eigenvalue weighted by molar-refractivity contribution is 7.98. The summed E-state index contributed by atoms with van der Waals surface area (Å²) in [4.78, 5) is 9.56. The first-order chi connectivity index (χ1) is 8.72. The monoisotopic (exact) mass is 261 g/mol. The Kier molecular flexibility index (Phi) is 4.01. The third-order valence-corrected chi connectivity index (χ3v) is 3.15. The zero-order chi connectivity index (χ0) is 13.0.